The van der Waals surface area contributed by atoms with Crippen LogP contribution in [0.15, 0.2) is 42.5 Å². The molecule has 6 heteroatoms. The number of benzene rings is 2. The van der Waals surface area contributed by atoms with Gasteiger partial charge in [-0.2, -0.15) is 0 Å². The molecule has 0 spiro atoms. The average molecular weight is 427 g/mol. The van der Waals surface area contributed by atoms with E-state index >= 15 is 0 Å². The number of hydrogen-bond acceptors (Lipinski definition) is 3. The summed E-state index contributed by atoms with van der Waals surface area (Å²) in [5, 5.41) is 0.631. The average Bonchev–Trinajstić information content (AvgIpc) is 3.16. The van der Waals surface area contributed by atoms with Crippen LogP contribution in [0.1, 0.15) is 53.6 Å². The third-order valence-corrected chi connectivity index (χ3v) is 6.92. The smallest absolute Gasteiger partial charge is 0.248 e. The van der Waals surface area contributed by atoms with Crippen molar-refractivity contribution in [2.75, 3.05) is 0 Å². The van der Waals surface area contributed by atoms with E-state index in [0.29, 0.717) is 28.3 Å². The van der Waals surface area contributed by atoms with Crippen LogP contribution in [0.25, 0.3) is 0 Å². The molecule has 0 aromatic heterocycles. The topological polar surface area (TPSA) is 95.4 Å². The number of halogens is 1. The molecular formula is C24H27ClN2O3. The van der Waals surface area contributed by atoms with Gasteiger partial charge in [0, 0.05) is 16.1 Å². The minimum absolute atomic E-state index is 0.137. The van der Waals surface area contributed by atoms with Gasteiger partial charge in [-0.05, 0) is 72.8 Å². The van der Waals surface area contributed by atoms with Crippen LogP contribution in [0.4, 0.5) is 0 Å². The lowest BCUT2D eigenvalue weighted by Gasteiger charge is -2.23. The van der Waals surface area contributed by atoms with Crippen LogP contribution in [0, 0.1) is 17.8 Å². The summed E-state index contributed by atoms with van der Waals surface area (Å²) in [7, 11) is 0. The number of para-hydroxylation sites is 1. The number of primary amides is 2. The molecule has 0 saturated heterocycles. The van der Waals surface area contributed by atoms with Crippen LogP contribution >= 0.6 is 11.6 Å². The van der Waals surface area contributed by atoms with Gasteiger partial charge in [0.15, 0.2) is 0 Å². The minimum atomic E-state index is -0.404. The third-order valence-electron chi connectivity index (χ3n) is 6.68. The standard InChI is InChI=1S/C24H27ClN2O3/c1-2-16(18-10-14(25)7-8-17(18)24(27)29)23-19-11-15(12-20(19)23)30-21-6-4-3-5-13(21)9-22(26)28/h3-8,10,15-16,19-20,23H,2,9,11-12H2,1H3,(H2,26,28)(H2,27,29)/t15?,16-,19+,20+,23?/m1/s1. The lowest BCUT2D eigenvalue weighted by molar-refractivity contribution is -0.117. The van der Waals surface area contributed by atoms with E-state index in [4.69, 9.17) is 27.8 Å². The Hall–Kier alpha value is -2.53. The Morgan fingerprint density at radius 1 is 1.13 bits per heavy atom. The Morgan fingerprint density at radius 3 is 2.47 bits per heavy atom. The first-order valence-electron chi connectivity index (χ1n) is 10.5. The molecule has 2 aliphatic rings. The second-order valence-corrected chi connectivity index (χ2v) is 8.91. The highest BCUT2D eigenvalue weighted by Crippen LogP contribution is 2.64. The fourth-order valence-corrected chi connectivity index (χ4v) is 5.61. The summed E-state index contributed by atoms with van der Waals surface area (Å²) >= 11 is 6.23. The summed E-state index contributed by atoms with van der Waals surface area (Å²) in [6, 6.07) is 12.9. The first kappa shape index (κ1) is 20.7. The molecule has 0 unspecified atom stereocenters. The Bertz CT molecular complexity index is 965. The van der Waals surface area contributed by atoms with Crippen LogP contribution in [-0.4, -0.2) is 17.9 Å². The van der Waals surface area contributed by atoms with Crippen LogP contribution < -0.4 is 16.2 Å². The number of ether oxygens (including phenoxy) is 1. The van der Waals surface area contributed by atoms with Crippen molar-refractivity contribution in [3.8, 4) is 5.75 Å². The summed E-state index contributed by atoms with van der Waals surface area (Å²) in [6.07, 6.45) is 3.20. The Labute approximate surface area is 181 Å². The summed E-state index contributed by atoms with van der Waals surface area (Å²) < 4.78 is 6.25. The van der Waals surface area contributed by atoms with Gasteiger partial charge in [0.1, 0.15) is 5.75 Å². The van der Waals surface area contributed by atoms with Crippen molar-refractivity contribution in [2.24, 2.45) is 29.2 Å². The van der Waals surface area contributed by atoms with Gasteiger partial charge in [-0.1, -0.05) is 36.7 Å². The first-order valence-corrected chi connectivity index (χ1v) is 10.9. The van der Waals surface area contributed by atoms with Crippen molar-refractivity contribution >= 4 is 23.4 Å². The molecule has 0 heterocycles. The number of carbonyl (C=O) groups is 2. The van der Waals surface area contributed by atoms with Crippen molar-refractivity contribution in [3.05, 3.63) is 64.2 Å². The molecule has 5 nitrogen and oxygen atoms in total. The molecule has 30 heavy (non-hydrogen) atoms. The summed E-state index contributed by atoms with van der Waals surface area (Å²) in [5.41, 5.74) is 13.4. The van der Waals surface area contributed by atoms with Crippen molar-refractivity contribution in [1.29, 1.82) is 0 Å². The number of amides is 2. The number of rotatable bonds is 8. The molecule has 4 N–H and O–H groups in total. The molecule has 0 bridgehead atoms. The van der Waals surface area contributed by atoms with E-state index in [1.165, 1.54) is 0 Å². The third kappa shape index (κ3) is 4.04. The van der Waals surface area contributed by atoms with E-state index < -0.39 is 5.91 Å². The Balaban J connectivity index is 1.45. The van der Waals surface area contributed by atoms with Gasteiger partial charge in [-0.15, -0.1) is 0 Å². The molecule has 2 aliphatic carbocycles. The zero-order valence-electron chi connectivity index (χ0n) is 17.0. The second-order valence-electron chi connectivity index (χ2n) is 8.48. The highest BCUT2D eigenvalue weighted by atomic mass is 35.5. The predicted molar refractivity (Wildman–Crippen MR) is 116 cm³/mol. The van der Waals surface area contributed by atoms with E-state index in [2.05, 4.69) is 6.92 Å². The van der Waals surface area contributed by atoms with E-state index in [0.717, 1.165) is 36.1 Å². The molecule has 0 radical (unpaired) electrons. The summed E-state index contributed by atoms with van der Waals surface area (Å²) in [4.78, 5) is 23.3. The van der Waals surface area contributed by atoms with Gasteiger partial charge in [-0.3, -0.25) is 9.59 Å². The van der Waals surface area contributed by atoms with Gasteiger partial charge >= 0.3 is 0 Å². The van der Waals surface area contributed by atoms with Gasteiger partial charge in [0.05, 0.1) is 12.5 Å². The summed E-state index contributed by atoms with van der Waals surface area (Å²) in [5.74, 6) is 1.91. The van der Waals surface area contributed by atoms with Crippen molar-refractivity contribution in [2.45, 2.75) is 44.6 Å². The Morgan fingerprint density at radius 2 is 1.83 bits per heavy atom. The lowest BCUT2D eigenvalue weighted by Crippen LogP contribution is -2.21. The zero-order valence-corrected chi connectivity index (χ0v) is 17.8. The van der Waals surface area contributed by atoms with E-state index in [-0.39, 0.29) is 24.3 Å². The second kappa shape index (κ2) is 8.31. The van der Waals surface area contributed by atoms with Crippen molar-refractivity contribution < 1.29 is 14.3 Å². The van der Waals surface area contributed by atoms with Gasteiger partial charge in [-0.25, -0.2) is 0 Å². The van der Waals surface area contributed by atoms with Crippen LogP contribution in [0.3, 0.4) is 0 Å². The largest absolute Gasteiger partial charge is 0.490 e. The van der Waals surface area contributed by atoms with E-state index in [1.54, 1.807) is 12.1 Å². The molecule has 2 amide bonds. The highest BCUT2D eigenvalue weighted by Gasteiger charge is 2.59. The molecule has 4 rings (SSSR count). The quantitative estimate of drug-likeness (QED) is 0.666. The van der Waals surface area contributed by atoms with E-state index in [1.807, 2.05) is 30.3 Å². The molecular weight excluding hydrogens is 400 g/mol. The maximum Gasteiger partial charge on any atom is 0.248 e. The molecule has 2 saturated carbocycles. The van der Waals surface area contributed by atoms with Crippen molar-refractivity contribution in [3.63, 3.8) is 0 Å². The van der Waals surface area contributed by atoms with Crippen LogP contribution in [0.2, 0.25) is 5.02 Å². The van der Waals surface area contributed by atoms with Crippen LogP contribution in [-0.2, 0) is 11.2 Å². The van der Waals surface area contributed by atoms with E-state index in [9.17, 15) is 9.59 Å². The highest BCUT2D eigenvalue weighted by molar-refractivity contribution is 6.30. The fraction of sp³-hybridized carbons (Fsp3) is 0.417. The monoisotopic (exact) mass is 426 g/mol. The van der Waals surface area contributed by atoms with Gasteiger partial charge in [0.2, 0.25) is 11.8 Å². The van der Waals surface area contributed by atoms with Crippen molar-refractivity contribution in [1.82, 2.24) is 0 Å². The van der Waals surface area contributed by atoms with Gasteiger partial charge < -0.3 is 16.2 Å². The fourth-order valence-electron chi connectivity index (χ4n) is 5.43. The number of carbonyl (C=O) groups excluding carboxylic acids is 2. The Kier molecular flexibility index (Phi) is 5.74. The number of nitrogens with two attached hydrogens (primary N) is 2. The molecule has 3 atom stereocenters. The number of fused-ring (bicyclic) bond motifs is 1. The normalized spacial score (nSPS) is 23.6. The van der Waals surface area contributed by atoms with Crippen LogP contribution in [0.5, 0.6) is 5.75 Å². The van der Waals surface area contributed by atoms with Gasteiger partial charge in [0.25, 0.3) is 0 Å². The predicted octanol–water partition coefficient (Wildman–Crippen LogP) is 4.06. The molecule has 0 aliphatic heterocycles. The molecule has 2 fully saturated rings. The minimum Gasteiger partial charge on any atom is -0.490 e. The number of hydrogen-bond donors (Lipinski definition) is 2. The summed E-state index contributed by atoms with van der Waals surface area (Å²) in [6.45, 7) is 2.15. The molecule has 2 aromatic rings. The SMILES string of the molecule is CC[C@H](c1cc(Cl)ccc1C(N)=O)C1[C@H]2CC(Oc3ccccc3CC(N)=O)C[C@H]12. The zero-order chi connectivity index (χ0) is 21.4. The maximum absolute atomic E-state index is 11.9. The lowest BCUT2D eigenvalue weighted by atomic mass is 9.84. The molecule has 158 valence electrons. The first-order chi connectivity index (χ1) is 14.4. The maximum atomic E-state index is 11.9. The molecule has 2 aromatic carbocycles.